The van der Waals surface area contributed by atoms with E-state index >= 15 is 0 Å². The summed E-state index contributed by atoms with van der Waals surface area (Å²) < 4.78 is 47.4. The molecule has 1 saturated carbocycles. The summed E-state index contributed by atoms with van der Waals surface area (Å²) in [4.78, 5) is 14.8. The highest BCUT2D eigenvalue weighted by atomic mass is 19.4. The summed E-state index contributed by atoms with van der Waals surface area (Å²) in [7, 11) is 1.72. The summed E-state index contributed by atoms with van der Waals surface area (Å²) in [6.07, 6.45) is 0.579. The molecule has 0 spiro atoms. The number of benzene rings is 1. The summed E-state index contributed by atoms with van der Waals surface area (Å²) >= 11 is 0. The Hall–Kier alpha value is -2.29. The van der Waals surface area contributed by atoms with Gasteiger partial charge < -0.3 is 14.4 Å². The Morgan fingerprint density at radius 1 is 1.13 bits per heavy atom. The number of hydrogen-bond donors (Lipinski definition) is 1. The predicted molar refractivity (Wildman–Crippen MR) is 104 cm³/mol. The Kier molecular flexibility index (Phi) is 5.90. The number of carbonyl (C=O) groups excluding carboxylic acids is 1. The van der Waals surface area contributed by atoms with E-state index in [0.29, 0.717) is 18.5 Å². The Labute approximate surface area is 172 Å². The van der Waals surface area contributed by atoms with Gasteiger partial charge in [-0.1, -0.05) is 12.1 Å². The van der Waals surface area contributed by atoms with Gasteiger partial charge in [0, 0.05) is 43.1 Å². The molecule has 0 radical (unpaired) electrons. The second-order valence-corrected chi connectivity index (χ2v) is 8.15. The normalized spacial score (nSPS) is 23.7. The van der Waals surface area contributed by atoms with Crippen LogP contribution >= 0.6 is 0 Å². The van der Waals surface area contributed by atoms with E-state index in [2.05, 4.69) is 14.9 Å². The highest BCUT2D eigenvalue weighted by Gasteiger charge is 2.34. The molecule has 2 heterocycles. The van der Waals surface area contributed by atoms with Crippen molar-refractivity contribution in [3.8, 4) is 5.75 Å². The molecule has 1 saturated heterocycles. The molecule has 1 N–H and O–H groups in total. The van der Waals surface area contributed by atoms with E-state index in [1.807, 2.05) is 4.90 Å². The highest BCUT2D eigenvalue weighted by Crippen LogP contribution is 2.37. The average molecular weight is 425 g/mol. The van der Waals surface area contributed by atoms with Crippen LogP contribution in [0.15, 0.2) is 18.2 Å². The number of alkyl halides is 3. The van der Waals surface area contributed by atoms with Crippen molar-refractivity contribution in [2.24, 2.45) is 5.92 Å². The van der Waals surface area contributed by atoms with Gasteiger partial charge in [-0.25, -0.2) is 0 Å². The molecule has 0 unspecified atom stereocenters. The van der Waals surface area contributed by atoms with Gasteiger partial charge in [-0.15, -0.1) is 13.2 Å². The molecule has 30 heavy (non-hydrogen) atoms. The van der Waals surface area contributed by atoms with Gasteiger partial charge in [0.15, 0.2) is 5.75 Å². The van der Waals surface area contributed by atoms with Crippen LogP contribution in [0.25, 0.3) is 10.9 Å². The number of para-hydroxylation sites is 1. The third-order valence-electron chi connectivity index (χ3n) is 6.37. The lowest BCUT2D eigenvalue weighted by Crippen LogP contribution is -2.42. The summed E-state index contributed by atoms with van der Waals surface area (Å²) in [6, 6.07) is 4.56. The van der Waals surface area contributed by atoms with Crippen molar-refractivity contribution in [2.75, 3.05) is 20.2 Å². The fourth-order valence-corrected chi connectivity index (χ4v) is 4.74. The number of likely N-dealkylation sites (tertiary alicyclic amines) is 1. The first-order valence-corrected chi connectivity index (χ1v) is 10.4. The van der Waals surface area contributed by atoms with Crippen molar-refractivity contribution in [1.29, 1.82) is 0 Å². The van der Waals surface area contributed by atoms with Crippen LogP contribution in [0.5, 0.6) is 5.75 Å². The Balaban J connectivity index is 1.40. The minimum atomic E-state index is -4.76. The topological polar surface area (TPSA) is 67.5 Å². The highest BCUT2D eigenvalue weighted by molar-refractivity contribution is 5.87. The minimum Gasteiger partial charge on any atom is -0.403 e. The molecule has 2 aliphatic rings. The number of aromatic nitrogens is 2. The van der Waals surface area contributed by atoms with Gasteiger partial charge in [0.1, 0.15) is 5.52 Å². The van der Waals surface area contributed by atoms with Gasteiger partial charge in [-0.3, -0.25) is 9.89 Å². The molecule has 2 aromatic rings. The van der Waals surface area contributed by atoms with Crippen LogP contribution in [-0.2, 0) is 9.53 Å². The largest absolute Gasteiger partial charge is 0.573 e. The molecule has 9 heteroatoms. The predicted octanol–water partition coefficient (Wildman–Crippen LogP) is 4.37. The first-order valence-electron chi connectivity index (χ1n) is 10.4. The standard InChI is InChI=1S/C21H26F3N3O3/c1-29-15-7-5-14(6-8-15)20(28)27-11-9-13(10-12-27)18-16-3-2-4-17(19(16)26-25-18)30-21(22,23)24/h2-4,13-15H,5-12H2,1H3,(H,25,26). The fourth-order valence-electron chi connectivity index (χ4n) is 4.74. The third-order valence-corrected chi connectivity index (χ3v) is 6.37. The molecule has 0 atom stereocenters. The number of carbonyl (C=O) groups is 1. The first-order chi connectivity index (χ1) is 14.4. The number of rotatable bonds is 4. The molecule has 4 rings (SSSR count). The van der Waals surface area contributed by atoms with Gasteiger partial charge in [0.2, 0.25) is 5.91 Å². The first kappa shape index (κ1) is 21.0. The molecule has 0 bridgehead atoms. The zero-order valence-electron chi connectivity index (χ0n) is 16.9. The second-order valence-electron chi connectivity index (χ2n) is 8.15. The maximum absolute atomic E-state index is 12.9. The van der Waals surface area contributed by atoms with E-state index in [0.717, 1.165) is 44.2 Å². The third kappa shape index (κ3) is 4.40. The van der Waals surface area contributed by atoms with Crippen LogP contribution < -0.4 is 4.74 Å². The van der Waals surface area contributed by atoms with E-state index < -0.39 is 6.36 Å². The summed E-state index contributed by atoms with van der Waals surface area (Å²) in [5.41, 5.74) is 0.989. The van der Waals surface area contributed by atoms with Gasteiger partial charge in [0.25, 0.3) is 0 Å². The van der Waals surface area contributed by atoms with Crippen LogP contribution in [0, 0.1) is 5.92 Å². The van der Waals surface area contributed by atoms with E-state index in [1.54, 1.807) is 13.2 Å². The maximum Gasteiger partial charge on any atom is 0.573 e. The molecular formula is C21H26F3N3O3. The minimum absolute atomic E-state index is 0.0722. The van der Waals surface area contributed by atoms with Crippen molar-refractivity contribution in [3.05, 3.63) is 23.9 Å². The Morgan fingerprint density at radius 2 is 1.83 bits per heavy atom. The van der Waals surface area contributed by atoms with Crippen LogP contribution in [0.1, 0.15) is 50.1 Å². The number of piperidine rings is 1. The van der Waals surface area contributed by atoms with E-state index in [4.69, 9.17) is 4.74 Å². The molecule has 164 valence electrons. The lowest BCUT2D eigenvalue weighted by atomic mass is 9.85. The quantitative estimate of drug-likeness (QED) is 0.790. The zero-order chi connectivity index (χ0) is 21.3. The molecule has 6 nitrogen and oxygen atoms in total. The molecule has 2 fully saturated rings. The number of halogens is 3. The van der Waals surface area contributed by atoms with Crippen molar-refractivity contribution in [3.63, 3.8) is 0 Å². The summed E-state index contributed by atoms with van der Waals surface area (Å²) in [5, 5.41) is 7.63. The Morgan fingerprint density at radius 3 is 2.47 bits per heavy atom. The summed E-state index contributed by atoms with van der Waals surface area (Å²) in [6.45, 7) is 1.29. The number of aromatic amines is 1. The van der Waals surface area contributed by atoms with E-state index in [-0.39, 0.29) is 35.1 Å². The number of methoxy groups -OCH3 is 1. The number of amides is 1. The molecule has 1 amide bonds. The van der Waals surface area contributed by atoms with Crippen molar-refractivity contribution < 1.29 is 27.4 Å². The van der Waals surface area contributed by atoms with Gasteiger partial charge >= 0.3 is 6.36 Å². The fraction of sp³-hybridized carbons (Fsp3) is 0.619. The maximum atomic E-state index is 12.9. The van der Waals surface area contributed by atoms with Gasteiger partial charge in [-0.05, 0) is 44.6 Å². The van der Waals surface area contributed by atoms with Crippen LogP contribution in [0.2, 0.25) is 0 Å². The van der Waals surface area contributed by atoms with Crippen molar-refractivity contribution in [1.82, 2.24) is 15.1 Å². The lowest BCUT2D eigenvalue weighted by molar-refractivity contribution is -0.274. The number of fused-ring (bicyclic) bond motifs is 1. The zero-order valence-corrected chi connectivity index (χ0v) is 16.9. The second kappa shape index (κ2) is 8.45. The average Bonchev–Trinajstić information content (AvgIpc) is 3.18. The smallest absolute Gasteiger partial charge is 0.403 e. The van der Waals surface area contributed by atoms with Crippen molar-refractivity contribution in [2.45, 2.75) is 56.9 Å². The number of nitrogens with one attached hydrogen (secondary N) is 1. The number of nitrogens with zero attached hydrogens (tertiary/aromatic N) is 2. The van der Waals surface area contributed by atoms with Crippen molar-refractivity contribution >= 4 is 16.8 Å². The monoisotopic (exact) mass is 425 g/mol. The number of H-pyrrole nitrogens is 1. The number of ether oxygens (including phenoxy) is 2. The Bertz CT molecular complexity index is 882. The molecule has 1 aromatic carbocycles. The molecule has 1 aliphatic carbocycles. The molecule has 1 aliphatic heterocycles. The summed E-state index contributed by atoms with van der Waals surface area (Å²) in [5.74, 6) is 0.104. The van der Waals surface area contributed by atoms with Crippen LogP contribution in [0.3, 0.4) is 0 Å². The molecular weight excluding hydrogens is 399 g/mol. The van der Waals surface area contributed by atoms with Crippen LogP contribution in [0.4, 0.5) is 13.2 Å². The lowest BCUT2D eigenvalue weighted by Gasteiger charge is -2.36. The van der Waals surface area contributed by atoms with E-state index in [1.165, 1.54) is 12.1 Å². The van der Waals surface area contributed by atoms with Gasteiger partial charge in [0.05, 0.1) is 6.10 Å². The number of hydrogen-bond acceptors (Lipinski definition) is 4. The molecule has 1 aromatic heterocycles. The SMILES string of the molecule is COC1CCC(C(=O)N2CCC(c3[nH]nc4c(OC(F)(F)F)cccc34)CC2)CC1. The van der Waals surface area contributed by atoms with E-state index in [9.17, 15) is 18.0 Å². The van der Waals surface area contributed by atoms with Gasteiger partial charge in [-0.2, -0.15) is 5.10 Å². The van der Waals surface area contributed by atoms with Crippen LogP contribution in [-0.4, -0.2) is 53.7 Å².